The topological polar surface area (TPSA) is 45.6 Å². The van der Waals surface area contributed by atoms with E-state index in [0.717, 1.165) is 27.4 Å². The number of carbonyl (C=O) groups is 2. The summed E-state index contributed by atoms with van der Waals surface area (Å²) < 4.78 is 2.12. The zero-order valence-electron chi connectivity index (χ0n) is 22.9. The van der Waals surface area contributed by atoms with Crippen LogP contribution >= 0.6 is 11.6 Å². The Bertz CT molecular complexity index is 1380. The Kier molecular flexibility index (Phi) is 9.61. The Balaban J connectivity index is 1.46. The van der Waals surface area contributed by atoms with E-state index in [1.165, 1.54) is 0 Å². The summed E-state index contributed by atoms with van der Waals surface area (Å²) in [5.41, 5.74) is 4.78. The van der Waals surface area contributed by atoms with Crippen LogP contribution in [-0.2, 0) is 17.9 Å². The third kappa shape index (κ3) is 7.39. The smallest absolute Gasteiger partial charge is 0.254 e. The molecule has 4 aromatic rings. The highest BCUT2D eigenvalue weighted by molar-refractivity contribution is 6.31. The van der Waals surface area contributed by atoms with E-state index in [0.29, 0.717) is 31.7 Å². The number of nitrogens with zero attached hydrogens (tertiary/aromatic N) is 3. The minimum Gasteiger partial charge on any atom is -0.345 e. The summed E-state index contributed by atoms with van der Waals surface area (Å²) in [5.74, 6) is 0.0830. The molecule has 202 valence electrons. The van der Waals surface area contributed by atoms with Crippen LogP contribution in [0.5, 0.6) is 0 Å². The molecule has 39 heavy (non-hydrogen) atoms. The minimum atomic E-state index is -0.142. The van der Waals surface area contributed by atoms with Crippen LogP contribution in [0.3, 0.4) is 0 Å². The number of likely N-dealkylation sites (N-methyl/N-ethyl adjacent to an activating group) is 1. The van der Waals surface area contributed by atoms with Gasteiger partial charge in [-0.2, -0.15) is 0 Å². The van der Waals surface area contributed by atoms with Crippen LogP contribution in [0.2, 0.25) is 5.02 Å². The quantitative estimate of drug-likeness (QED) is 0.205. The molecule has 5 nitrogen and oxygen atoms in total. The summed E-state index contributed by atoms with van der Waals surface area (Å²) in [6.45, 7) is 8.28. The molecule has 0 aliphatic rings. The lowest BCUT2D eigenvalue weighted by atomic mass is 10.0. The maximum Gasteiger partial charge on any atom is 0.254 e. The molecule has 0 atom stereocenters. The van der Waals surface area contributed by atoms with Gasteiger partial charge in [0.1, 0.15) is 6.54 Å². The predicted octanol–water partition coefficient (Wildman–Crippen LogP) is 7.00. The fraction of sp³-hybridized carbons (Fsp3) is 0.273. The first-order valence-electron chi connectivity index (χ1n) is 13.5. The highest BCUT2D eigenvalue weighted by Gasteiger charge is 2.23. The summed E-state index contributed by atoms with van der Waals surface area (Å²) >= 11 is 6.40. The third-order valence-corrected chi connectivity index (χ3v) is 7.12. The molecule has 0 aliphatic carbocycles. The highest BCUT2D eigenvalue weighted by Crippen LogP contribution is 2.21. The van der Waals surface area contributed by atoms with Gasteiger partial charge in [-0.1, -0.05) is 86.1 Å². The average Bonchev–Trinajstić information content (AvgIpc) is 3.38. The van der Waals surface area contributed by atoms with Crippen LogP contribution in [0, 0.1) is 5.92 Å². The summed E-state index contributed by atoms with van der Waals surface area (Å²) in [5, 5.41) is 0.723. The predicted molar refractivity (Wildman–Crippen MR) is 159 cm³/mol. The van der Waals surface area contributed by atoms with E-state index in [9.17, 15) is 9.59 Å². The molecule has 0 fully saturated rings. The number of rotatable bonds is 11. The first-order chi connectivity index (χ1) is 18.9. The molecular weight excluding hydrogens is 506 g/mol. The molecule has 2 amide bonds. The number of hydrogen-bond acceptors (Lipinski definition) is 2. The van der Waals surface area contributed by atoms with Gasteiger partial charge in [0.15, 0.2) is 0 Å². The normalized spacial score (nSPS) is 11.0. The lowest BCUT2D eigenvalue weighted by molar-refractivity contribution is -0.133. The van der Waals surface area contributed by atoms with Gasteiger partial charge in [-0.15, -0.1) is 0 Å². The highest BCUT2D eigenvalue weighted by atomic mass is 35.5. The lowest BCUT2D eigenvalue weighted by Gasteiger charge is -2.29. The van der Waals surface area contributed by atoms with E-state index < -0.39 is 0 Å². The van der Waals surface area contributed by atoms with Crippen molar-refractivity contribution >= 4 is 23.4 Å². The second-order valence-corrected chi connectivity index (χ2v) is 10.6. The fourth-order valence-electron chi connectivity index (χ4n) is 4.66. The van der Waals surface area contributed by atoms with Crippen molar-refractivity contribution in [3.05, 3.63) is 119 Å². The molecule has 0 bridgehead atoms. The molecule has 1 heterocycles. The SMILES string of the molecule is CCN(CC(=O)N(Cc1cccn1Cc1ccccc1Cl)CC(C)C)C(=O)c1ccc(-c2ccccc2)cc1. The van der Waals surface area contributed by atoms with Crippen LogP contribution in [0.25, 0.3) is 11.1 Å². The summed E-state index contributed by atoms with van der Waals surface area (Å²) in [7, 11) is 0. The molecule has 6 heteroatoms. The Morgan fingerprint density at radius 3 is 2.15 bits per heavy atom. The van der Waals surface area contributed by atoms with Gasteiger partial charge in [0.05, 0.1) is 6.54 Å². The van der Waals surface area contributed by atoms with Gasteiger partial charge in [0.25, 0.3) is 5.91 Å². The van der Waals surface area contributed by atoms with E-state index in [-0.39, 0.29) is 24.3 Å². The van der Waals surface area contributed by atoms with E-state index in [2.05, 4.69) is 18.4 Å². The molecule has 0 radical (unpaired) electrons. The van der Waals surface area contributed by atoms with Gasteiger partial charge in [0.2, 0.25) is 5.91 Å². The third-order valence-electron chi connectivity index (χ3n) is 6.75. The number of benzene rings is 3. The van der Waals surface area contributed by atoms with Crippen LogP contribution in [0.4, 0.5) is 0 Å². The van der Waals surface area contributed by atoms with Gasteiger partial charge in [-0.3, -0.25) is 9.59 Å². The Labute approximate surface area is 236 Å². The molecule has 0 spiro atoms. The summed E-state index contributed by atoms with van der Waals surface area (Å²) in [4.78, 5) is 30.4. The second-order valence-electron chi connectivity index (χ2n) is 10.1. The number of amides is 2. The van der Waals surface area contributed by atoms with Crippen molar-refractivity contribution in [1.29, 1.82) is 0 Å². The van der Waals surface area contributed by atoms with E-state index in [4.69, 9.17) is 11.6 Å². The molecular formula is C33H36ClN3O2. The Hall–Kier alpha value is -3.83. The lowest BCUT2D eigenvalue weighted by Crippen LogP contribution is -2.44. The van der Waals surface area contributed by atoms with Crippen molar-refractivity contribution in [3.63, 3.8) is 0 Å². The molecule has 4 rings (SSSR count). The largest absolute Gasteiger partial charge is 0.345 e. The van der Waals surface area contributed by atoms with Crippen molar-refractivity contribution < 1.29 is 9.59 Å². The van der Waals surface area contributed by atoms with Crippen LogP contribution in [0.1, 0.15) is 42.4 Å². The molecule has 0 aliphatic heterocycles. The number of carbonyl (C=O) groups excluding carboxylic acids is 2. The molecule has 0 saturated heterocycles. The monoisotopic (exact) mass is 541 g/mol. The summed E-state index contributed by atoms with van der Waals surface area (Å²) in [6, 6.07) is 29.5. The maximum atomic E-state index is 13.6. The van der Waals surface area contributed by atoms with Crippen LogP contribution in [0.15, 0.2) is 97.2 Å². The standard InChI is InChI=1S/C33H36ClN3O2/c1-4-35(33(39)28-18-16-27(17-19-28)26-11-6-5-7-12-26)24-32(38)37(21-25(2)3)23-30-14-10-20-36(30)22-29-13-8-9-15-31(29)34/h5-20,25H,4,21-24H2,1-3H3. The molecule has 3 aromatic carbocycles. The molecule has 0 unspecified atom stereocenters. The first-order valence-corrected chi connectivity index (χ1v) is 13.8. The van der Waals surface area contributed by atoms with Gasteiger partial charge in [0, 0.05) is 42.1 Å². The first kappa shape index (κ1) is 28.2. The van der Waals surface area contributed by atoms with Gasteiger partial charge < -0.3 is 14.4 Å². The zero-order valence-corrected chi connectivity index (χ0v) is 23.6. The van der Waals surface area contributed by atoms with E-state index in [1.54, 1.807) is 4.90 Å². The van der Waals surface area contributed by atoms with Gasteiger partial charge in [-0.25, -0.2) is 0 Å². The summed E-state index contributed by atoms with van der Waals surface area (Å²) in [6.07, 6.45) is 2.01. The van der Waals surface area contributed by atoms with Crippen molar-refractivity contribution in [2.45, 2.75) is 33.9 Å². The fourth-order valence-corrected chi connectivity index (χ4v) is 4.85. The van der Waals surface area contributed by atoms with Gasteiger partial charge >= 0.3 is 0 Å². The van der Waals surface area contributed by atoms with E-state index in [1.807, 2.05) is 109 Å². The Morgan fingerprint density at radius 1 is 0.821 bits per heavy atom. The zero-order chi connectivity index (χ0) is 27.8. The minimum absolute atomic E-state index is 0.0354. The van der Waals surface area contributed by atoms with Crippen LogP contribution < -0.4 is 0 Å². The van der Waals surface area contributed by atoms with Crippen LogP contribution in [-0.4, -0.2) is 45.8 Å². The molecule has 0 saturated carbocycles. The average molecular weight is 542 g/mol. The molecule has 1 aromatic heterocycles. The molecule has 0 N–H and O–H groups in total. The van der Waals surface area contributed by atoms with Gasteiger partial charge in [-0.05, 0) is 59.9 Å². The van der Waals surface area contributed by atoms with E-state index >= 15 is 0 Å². The number of hydrogen-bond donors (Lipinski definition) is 0. The van der Waals surface area contributed by atoms with Crippen molar-refractivity contribution in [3.8, 4) is 11.1 Å². The number of aromatic nitrogens is 1. The maximum absolute atomic E-state index is 13.6. The van der Waals surface area contributed by atoms with Crippen molar-refractivity contribution in [2.75, 3.05) is 19.6 Å². The second kappa shape index (κ2) is 13.3. The Morgan fingerprint density at radius 2 is 1.49 bits per heavy atom. The van der Waals surface area contributed by atoms with Crippen molar-refractivity contribution in [1.82, 2.24) is 14.4 Å². The van der Waals surface area contributed by atoms with Crippen molar-refractivity contribution in [2.24, 2.45) is 5.92 Å². The number of halogens is 1.